The van der Waals surface area contributed by atoms with Gasteiger partial charge in [-0.2, -0.15) is 0 Å². The smallest absolute Gasteiger partial charge is 0.125 e. The van der Waals surface area contributed by atoms with E-state index in [1.54, 1.807) is 6.07 Å². The van der Waals surface area contributed by atoms with Crippen LogP contribution in [0.25, 0.3) is 0 Å². The summed E-state index contributed by atoms with van der Waals surface area (Å²) >= 11 is 3.52. The third-order valence-corrected chi connectivity index (χ3v) is 3.98. The SMILES string of the molecule is Cc1cc(Nc2ccc(F)cc2N)cc(C)c1Br. The Morgan fingerprint density at radius 1 is 1.11 bits per heavy atom. The van der Waals surface area contributed by atoms with Crippen molar-refractivity contribution in [3.05, 3.63) is 51.7 Å². The summed E-state index contributed by atoms with van der Waals surface area (Å²) in [5.41, 5.74) is 10.1. The Morgan fingerprint density at radius 2 is 1.72 bits per heavy atom. The number of rotatable bonds is 2. The van der Waals surface area contributed by atoms with Gasteiger partial charge in [0.2, 0.25) is 0 Å². The molecule has 0 aromatic heterocycles. The molecule has 0 aliphatic rings. The molecular formula is C14H14BrFN2. The summed E-state index contributed by atoms with van der Waals surface area (Å²) in [5.74, 6) is -0.332. The zero-order chi connectivity index (χ0) is 13.3. The van der Waals surface area contributed by atoms with Crippen molar-refractivity contribution >= 4 is 33.0 Å². The first-order valence-electron chi connectivity index (χ1n) is 5.56. The molecule has 3 N–H and O–H groups in total. The van der Waals surface area contributed by atoms with Crippen molar-refractivity contribution in [3.8, 4) is 0 Å². The quantitative estimate of drug-likeness (QED) is 0.800. The number of nitrogens with one attached hydrogen (secondary N) is 1. The van der Waals surface area contributed by atoms with Gasteiger partial charge in [0.25, 0.3) is 0 Å². The van der Waals surface area contributed by atoms with E-state index in [9.17, 15) is 4.39 Å². The summed E-state index contributed by atoms with van der Waals surface area (Å²) in [4.78, 5) is 0. The largest absolute Gasteiger partial charge is 0.397 e. The molecule has 2 aromatic carbocycles. The minimum atomic E-state index is -0.332. The second-order valence-electron chi connectivity index (χ2n) is 4.28. The average molecular weight is 309 g/mol. The zero-order valence-electron chi connectivity index (χ0n) is 10.2. The lowest BCUT2D eigenvalue weighted by Gasteiger charge is -2.12. The lowest BCUT2D eigenvalue weighted by Crippen LogP contribution is -1.98. The van der Waals surface area contributed by atoms with Gasteiger partial charge in [-0.3, -0.25) is 0 Å². The van der Waals surface area contributed by atoms with Crippen LogP contribution in [-0.4, -0.2) is 0 Å². The van der Waals surface area contributed by atoms with E-state index < -0.39 is 0 Å². The maximum Gasteiger partial charge on any atom is 0.125 e. The van der Waals surface area contributed by atoms with Crippen LogP contribution >= 0.6 is 15.9 Å². The Bertz CT molecular complexity index is 573. The van der Waals surface area contributed by atoms with Gasteiger partial charge in [-0.05, 0) is 55.3 Å². The van der Waals surface area contributed by atoms with Gasteiger partial charge in [0.15, 0.2) is 0 Å². The van der Waals surface area contributed by atoms with E-state index in [2.05, 4.69) is 21.2 Å². The monoisotopic (exact) mass is 308 g/mol. The number of benzene rings is 2. The Balaban J connectivity index is 2.34. The molecule has 0 fully saturated rings. The van der Waals surface area contributed by atoms with E-state index in [1.807, 2.05) is 26.0 Å². The molecule has 0 bridgehead atoms. The third kappa shape index (κ3) is 2.64. The molecule has 0 amide bonds. The van der Waals surface area contributed by atoms with E-state index in [4.69, 9.17) is 5.73 Å². The number of halogens is 2. The fraction of sp³-hybridized carbons (Fsp3) is 0.143. The maximum absolute atomic E-state index is 13.0. The summed E-state index contributed by atoms with van der Waals surface area (Å²) < 4.78 is 14.1. The van der Waals surface area contributed by atoms with Gasteiger partial charge < -0.3 is 11.1 Å². The van der Waals surface area contributed by atoms with Gasteiger partial charge in [0, 0.05) is 10.2 Å². The molecule has 0 spiro atoms. The van der Waals surface area contributed by atoms with Crippen molar-refractivity contribution in [1.82, 2.24) is 0 Å². The average Bonchev–Trinajstić information content (AvgIpc) is 2.29. The van der Waals surface area contributed by atoms with Crippen molar-refractivity contribution in [1.29, 1.82) is 0 Å². The van der Waals surface area contributed by atoms with Crippen LogP contribution in [0, 0.1) is 19.7 Å². The first-order chi connectivity index (χ1) is 8.47. The van der Waals surface area contributed by atoms with Crippen molar-refractivity contribution in [3.63, 3.8) is 0 Å². The zero-order valence-corrected chi connectivity index (χ0v) is 11.8. The van der Waals surface area contributed by atoms with Gasteiger partial charge in [-0.15, -0.1) is 0 Å². The minimum absolute atomic E-state index is 0.332. The maximum atomic E-state index is 13.0. The van der Waals surface area contributed by atoms with E-state index in [1.165, 1.54) is 12.1 Å². The Labute approximate surface area is 114 Å². The fourth-order valence-corrected chi connectivity index (χ4v) is 2.05. The van der Waals surface area contributed by atoms with Gasteiger partial charge in [-0.1, -0.05) is 15.9 Å². The molecule has 0 unspecified atom stereocenters. The molecule has 94 valence electrons. The van der Waals surface area contributed by atoms with Crippen molar-refractivity contribution in [2.75, 3.05) is 11.1 Å². The number of nitrogens with two attached hydrogens (primary N) is 1. The summed E-state index contributed by atoms with van der Waals surface area (Å²) in [5, 5.41) is 3.20. The van der Waals surface area contributed by atoms with Crippen LogP contribution < -0.4 is 11.1 Å². The number of nitrogen functional groups attached to an aromatic ring is 1. The fourth-order valence-electron chi connectivity index (χ4n) is 1.82. The molecule has 0 aliphatic carbocycles. The normalized spacial score (nSPS) is 10.4. The van der Waals surface area contributed by atoms with Gasteiger partial charge in [-0.25, -0.2) is 4.39 Å². The highest BCUT2D eigenvalue weighted by Gasteiger charge is 2.05. The number of aryl methyl sites for hydroxylation is 2. The molecule has 18 heavy (non-hydrogen) atoms. The molecule has 0 saturated carbocycles. The highest BCUT2D eigenvalue weighted by Crippen LogP contribution is 2.29. The van der Waals surface area contributed by atoms with Crippen LogP contribution in [0.2, 0.25) is 0 Å². The van der Waals surface area contributed by atoms with Crippen molar-refractivity contribution < 1.29 is 4.39 Å². The van der Waals surface area contributed by atoms with Crippen LogP contribution in [0.3, 0.4) is 0 Å². The highest BCUT2D eigenvalue weighted by atomic mass is 79.9. The molecule has 0 saturated heterocycles. The van der Waals surface area contributed by atoms with E-state index >= 15 is 0 Å². The van der Waals surface area contributed by atoms with Crippen LogP contribution in [0.4, 0.5) is 21.5 Å². The second-order valence-corrected chi connectivity index (χ2v) is 5.07. The summed E-state index contributed by atoms with van der Waals surface area (Å²) in [6.45, 7) is 4.05. The van der Waals surface area contributed by atoms with Gasteiger partial charge in [0.1, 0.15) is 5.82 Å². The Hall–Kier alpha value is -1.55. The topological polar surface area (TPSA) is 38.0 Å². The summed E-state index contributed by atoms with van der Waals surface area (Å²) in [7, 11) is 0. The van der Waals surface area contributed by atoms with Crippen LogP contribution in [0.15, 0.2) is 34.8 Å². The predicted octanol–water partition coefficient (Wildman–Crippen LogP) is 4.53. The lowest BCUT2D eigenvalue weighted by molar-refractivity contribution is 0.628. The molecule has 0 radical (unpaired) electrons. The van der Waals surface area contributed by atoms with Crippen LogP contribution in [-0.2, 0) is 0 Å². The first-order valence-corrected chi connectivity index (χ1v) is 6.35. The highest BCUT2D eigenvalue weighted by molar-refractivity contribution is 9.10. The number of hydrogen-bond donors (Lipinski definition) is 2. The molecular weight excluding hydrogens is 295 g/mol. The molecule has 0 aliphatic heterocycles. The number of hydrogen-bond acceptors (Lipinski definition) is 2. The molecule has 0 heterocycles. The van der Waals surface area contributed by atoms with Crippen molar-refractivity contribution in [2.24, 2.45) is 0 Å². The number of anilines is 3. The molecule has 2 nitrogen and oxygen atoms in total. The van der Waals surface area contributed by atoms with Crippen LogP contribution in [0.5, 0.6) is 0 Å². The van der Waals surface area contributed by atoms with E-state index in [0.29, 0.717) is 11.4 Å². The summed E-state index contributed by atoms with van der Waals surface area (Å²) in [6, 6.07) is 8.36. The lowest BCUT2D eigenvalue weighted by atomic mass is 10.1. The molecule has 0 atom stereocenters. The van der Waals surface area contributed by atoms with Crippen LogP contribution in [0.1, 0.15) is 11.1 Å². The Morgan fingerprint density at radius 3 is 2.28 bits per heavy atom. The standard InChI is InChI=1S/C14H14BrFN2/c1-8-5-11(6-9(2)14(8)15)18-13-4-3-10(16)7-12(13)17/h3-7,18H,17H2,1-2H3. The van der Waals surface area contributed by atoms with Gasteiger partial charge in [0.05, 0.1) is 11.4 Å². The summed E-state index contributed by atoms with van der Waals surface area (Å²) in [6.07, 6.45) is 0. The van der Waals surface area contributed by atoms with Crippen molar-refractivity contribution in [2.45, 2.75) is 13.8 Å². The molecule has 2 rings (SSSR count). The Kier molecular flexibility index (Phi) is 3.57. The molecule has 4 heteroatoms. The van der Waals surface area contributed by atoms with Gasteiger partial charge >= 0.3 is 0 Å². The first kappa shape index (κ1) is 12.9. The van der Waals surface area contributed by atoms with E-state index in [0.717, 1.165) is 21.3 Å². The predicted molar refractivity (Wildman–Crippen MR) is 77.7 cm³/mol. The van der Waals surface area contributed by atoms with E-state index in [-0.39, 0.29) is 5.82 Å². The third-order valence-electron chi connectivity index (χ3n) is 2.73. The molecule has 2 aromatic rings. The minimum Gasteiger partial charge on any atom is -0.397 e. The second kappa shape index (κ2) is 4.98.